The average molecular weight is 540 g/mol. The largest absolute Gasteiger partial charge is 0.493 e. The van der Waals surface area contributed by atoms with Crippen LogP contribution < -0.4 is 20.2 Å². The highest BCUT2D eigenvalue weighted by Gasteiger charge is 2.31. The summed E-state index contributed by atoms with van der Waals surface area (Å²) in [6, 6.07) is 14.4. The summed E-state index contributed by atoms with van der Waals surface area (Å²) >= 11 is 11.7. The molecule has 0 aliphatic heterocycles. The topological polar surface area (TPSA) is 89.0 Å². The number of anilines is 1. The van der Waals surface area contributed by atoms with Crippen molar-refractivity contribution in [2.24, 2.45) is 5.10 Å². The maximum Gasteiger partial charge on any atom is 0.416 e. The highest BCUT2D eigenvalue weighted by molar-refractivity contribution is 6.41. The van der Waals surface area contributed by atoms with Crippen LogP contribution in [0.1, 0.15) is 16.7 Å². The van der Waals surface area contributed by atoms with E-state index in [4.69, 9.17) is 32.7 Å². The number of halogens is 5. The van der Waals surface area contributed by atoms with Crippen molar-refractivity contribution in [2.45, 2.75) is 12.8 Å². The smallest absolute Gasteiger partial charge is 0.416 e. The number of hydrazone groups is 1. The number of nitrogens with one attached hydrogen (secondary N) is 2. The van der Waals surface area contributed by atoms with Crippen LogP contribution >= 0.6 is 23.2 Å². The Morgan fingerprint density at radius 1 is 0.972 bits per heavy atom. The lowest BCUT2D eigenvalue weighted by Crippen LogP contribution is -2.32. The zero-order valence-electron chi connectivity index (χ0n) is 18.5. The molecule has 0 aliphatic carbocycles. The summed E-state index contributed by atoms with van der Waals surface area (Å²) in [5, 5.41) is 6.16. The molecule has 0 atom stereocenters. The summed E-state index contributed by atoms with van der Waals surface area (Å²) in [6.45, 7) is 0.280. The Bertz CT molecular complexity index is 1280. The minimum atomic E-state index is -4.64. The summed E-state index contributed by atoms with van der Waals surface area (Å²) in [5.41, 5.74) is 2.00. The molecule has 0 heterocycles. The molecule has 12 heteroatoms. The van der Waals surface area contributed by atoms with Gasteiger partial charge in [-0.15, -0.1) is 0 Å². The van der Waals surface area contributed by atoms with Gasteiger partial charge in [-0.05, 0) is 59.7 Å². The fourth-order valence-electron chi connectivity index (χ4n) is 2.82. The van der Waals surface area contributed by atoms with Crippen LogP contribution in [0.5, 0.6) is 11.5 Å². The van der Waals surface area contributed by atoms with E-state index in [0.717, 1.165) is 17.7 Å². The van der Waals surface area contributed by atoms with E-state index in [1.165, 1.54) is 13.3 Å². The molecule has 188 valence electrons. The van der Waals surface area contributed by atoms with Gasteiger partial charge in [0.1, 0.15) is 6.61 Å². The van der Waals surface area contributed by atoms with Gasteiger partial charge in [0.15, 0.2) is 11.5 Å². The Morgan fingerprint density at radius 3 is 2.36 bits per heavy atom. The second kappa shape index (κ2) is 11.8. The molecule has 2 N–H and O–H groups in total. The van der Waals surface area contributed by atoms with Crippen molar-refractivity contribution in [3.05, 3.63) is 87.4 Å². The van der Waals surface area contributed by atoms with Gasteiger partial charge in [0.2, 0.25) is 0 Å². The zero-order valence-corrected chi connectivity index (χ0v) is 20.0. The second-order valence-electron chi connectivity index (χ2n) is 7.17. The molecule has 0 aliphatic rings. The average Bonchev–Trinajstić information content (AvgIpc) is 2.84. The number of methoxy groups -OCH3 is 1. The summed E-state index contributed by atoms with van der Waals surface area (Å²) in [7, 11) is 1.45. The predicted molar refractivity (Wildman–Crippen MR) is 130 cm³/mol. The first-order valence-electron chi connectivity index (χ1n) is 10.1. The van der Waals surface area contributed by atoms with Crippen molar-refractivity contribution < 1.29 is 32.2 Å². The quantitative estimate of drug-likeness (QED) is 0.229. The Hall–Kier alpha value is -3.76. The number of hydrogen-bond donors (Lipinski definition) is 2. The van der Waals surface area contributed by atoms with Crippen molar-refractivity contribution in [3.8, 4) is 11.5 Å². The van der Waals surface area contributed by atoms with Crippen molar-refractivity contribution in [1.29, 1.82) is 0 Å². The molecular formula is C24H18Cl2F3N3O4. The van der Waals surface area contributed by atoms with Gasteiger partial charge in [0.05, 0.1) is 29.6 Å². The van der Waals surface area contributed by atoms with Crippen LogP contribution in [0.2, 0.25) is 10.0 Å². The number of amides is 2. The minimum Gasteiger partial charge on any atom is -0.493 e. The third-order valence-corrected chi connectivity index (χ3v) is 5.20. The fraction of sp³-hybridized carbons (Fsp3) is 0.125. The van der Waals surface area contributed by atoms with Gasteiger partial charge >= 0.3 is 18.0 Å². The molecule has 0 bridgehead atoms. The van der Waals surface area contributed by atoms with Crippen LogP contribution in [0.4, 0.5) is 18.9 Å². The lowest BCUT2D eigenvalue weighted by atomic mass is 10.2. The van der Waals surface area contributed by atoms with Crippen LogP contribution in [0.3, 0.4) is 0 Å². The predicted octanol–water partition coefficient (Wildman–Crippen LogP) is 5.69. The van der Waals surface area contributed by atoms with E-state index < -0.39 is 23.6 Å². The van der Waals surface area contributed by atoms with Crippen LogP contribution in [-0.4, -0.2) is 25.1 Å². The number of rotatable bonds is 7. The number of carbonyl (C=O) groups is 2. The summed E-state index contributed by atoms with van der Waals surface area (Å²) in [6.07, 6.45) is -3.40. The van der Waals surface area contributed by atoms with Gasteiger partial charge in [-0.2, -0.15) is 18.3 Å². The molecule has 0 spiro atoms. The fourth-order valence-corrected chi connectivity index (χ4v) is 3.11. The number of nitrogens with zero attached hydrogens (tertiary/aromatic N) is 1. The van der Waals surface area contributed by atoms with Crippen molar-refractivity contribution >= 4 is 46.9 Å². The monoisotopic (exact) mass is 539 g/mol. The molecule has 36 heavy (non-hydrogen) atoms. The number of alkyl halides is 3. The number of benzene rings is 3. The molecule has 2 amide bonds. The van der Waals surface area contributed by atoms with E-state index in [1.54, 1.807) is 30.3 Å². The Balaban J connectivity index is 1.59. The van der Waals surface area contributed by atoms with E-state index in [0.29, 0.717) is 28.2 Å². The highest BCUT2D eigenvalue weighted by atomic mass is 35.5. The van der Waals surface area contributed by atoms with Crippen LogP contribution in [0, 0.1) is 0 Å². The number of hydrogen-bond acceptors (Lipinski definition) is 5. The molecule has 0 saturated carbocycles. The van der Waals surface area contributed by atoms with Crippen molar-refractivity contribution in [3.63, 3.8) is 0 Å². The molecule has 3 aromatic rings. The van der Waals surface area contributed by atoms with Gasteiger partial charge in [-0.1, -0.05) is 35.3 Å². The van der Waals surface area contributed by atoms with Gasteiger partial charge in [-0.3, -0.25) is 9.59 Å². The Kier molecular flexibility index (Phi) is 8.78. The van der Waals surface area contributed by atoms with E-state index >= 15 is 0 Å². The molecule has 0 saturated heterocycles. The van der Waals surface area contributed by atoms with E-state index in [2.05, 4.69) is 5.10 Å². The van der Waals surface area contributed by atoms with Gasteiger partial charge < -0.3 is 14.8 Å². The highest BCUT2D eigenvalue weighted by Crippen LogP contribution is 2.34. The van der Waals surface area contributed by atoms with Gasteiger partial charge in [0.25, 0.3) is 0 Å². The Morgan fingerprint density at radius 2 is 1.69 bits per heavy atom. The summed E-state index contributed by atoms with van der Waals surface area (Å²) in [4.78, 5) is 24.0. The lowest BCUT2D eigenvalue weighted by molar-refractivity contribution is -0.137. The standard InChI is InChI=1S/C24H18Cl2F3N3O4/c1-35-21-10-15(4-9-20(21)36-13-14-2-6-17(25)7-3-14)12-30-32-23(34)22(33)31-19-11-16(24(27,28)29)5-8-18(19)26/h2-12H,13H2,1H3,(H,31,33)(H,32,34)/b30-12+. The molecule has 0 unspecified atom stereocenters. The van der Waals surface area contributed by atoms with Crippen LogP contribution in [0.15, 0.2) is 65.8 Å². The first-order chi connectivity index (χ1) is 17.1. The first kappa shape index (κ1) is 26.8. The number of ether oxygens (including phenoxy) is 2. The maximum atomic E-state index is 12.9. The number of carbonyl (C=O) groups excluding carboxylic acids is 2. The van der Waals surface area contributed by atoms with Gasteiger partial charge in [-0.25, -0.2) is 5.43 Å². The molecule has 0 aromatic heterocycles. The molecule has 3 aromatic carbocycles. The van der Waals surface area contributed by atoms with Crippen LogP contribution in [0.25, 0.3) is 0 Å². The third-order valence-electron chi connectivity index (χ3n) is 4.62. The maximum absolute atomic E-state index is 12.9. The van der Waals surface area contributed by atoms with Crippen molar-refractivity contribution in [1.82, 2.24) is 5.43 Å². The van der Waals surface area contributed by atoms with E-state index in [9.17, 15) is 22.8 Å². The molecule has 0 radical (unpaired) electrons. The molecular weight excluding hydrogens is 522 g/mol. The minimum absolute atomic E-state index is 0.168. The summed E-state index contributed by atoms with van der Waals surface area (Å²) < 4.78 is 49.7. The normalized spacial score (nSPS) is 11.3. The molecule has 0 fully saturated rings. The summed E-state index contributed by atoms with van der Waals surface area (Å²) in [5.74, 6) is -1.60. The van der Waals surface area contributed by atoms with Crippen LogP contribution in [-0.2, 0) is 22.4 Å². The third kappa shape index (κ3) is 7.37. The zero-order chi connectivity index (χ0) is 26.3. The molecule has 7 nitrogen and oxygen atoms in total. The Labute approximate surface area is 213 Å². The SMILES string of the molecule is COc1cc(/C=N/NC(=O)C(=O)Nc2cc(C(F)(F)F)ccc2Cl)ccc1OCc1ccc(Cl)cc1. The van der Waals surface area contributed by atoms with Crippen molar-refractivity contribution in [2.75, 3.05) is 12.4 Å². The lowest BCUT2D eigenvalue weighted by Gasteiger charge is -2.11. The molecule has 3 rings (SSSR count). The van der Waals surface area contributed by atoms with E-state index in [-0.39, 0.29) is 17.3 Å². The first-order valence-corrected chi connectivity index (χ1v) is 10.9. The van der Waals surface area contributed by atoms with E-state index in [1.807, 2.05) is 22.9 Å². The second-order valence-corrected chi connectivity index (χ2v) is 8.01. The van der Waals surface area contributed by atoms with Gasteiger partial charge in [0, 0.05) is 5.02 Å².